The average Bonchev–Trinajstić information content (AvgIpc) is 2.48. The van der Waals surface area contributed by atoms with Gasteiger partial charge in [0.05, 0.1) is 5.92 Å². The molecule has 0 radical (unpaired) electrons. The zero-order valence-electron chi connectivity index (χ0n) is 13.3. The molecule has 0 amide bonds. The van der Waals surface area contributed by atoms with E-state index in [9.17, 15) is 9.90 Å². The van der Waals surface area contributed by atoms with Gasteiger partial charge < -0.3 is 5.11 Å². The largest absolute Gasteiger partial charge is 0.481 e. The second kappa shape index (κ2) is 7.08. The van der Waals surface area contributed by atoms with Gasteiger partial charge in [0.2, 0.25) is 0 Å². The first-order valence-corrected chi connectivity index (χ1v) is 8.08. The van der Waals surface area contributed by atoms with Gasteiger partial charge in [-0.05, 0) is 51.1 Å². The quantitative estimate of drug-likeness (QED) is 0.897. The van der Waals surface area contributed by atoms with E-state index in [2.05, 4.69) is 49.9 Å². The van der Waals surface area contributed by atoms with Gasteiger partial charge in [-0.3, -0.25) is 9.69 Å². The van der Waals surface area contributed by atoms with Crippen LogP contribution in [-0.4, -0.2) is 34.6 Å². The Balaban J connectivity index is 2.21. The molecule has 3 nitrogen and oxygen atoms in total. The third kappa shape index (κ3) is 3.65. The van der Waals surface area contributed by atoms with E-state index in [1.165, 1.54) is 5.56 Å². The van der Waals surface area contributed by atoms with Crippen molar-refractivity contribution in [2.24, 2.45) is 5.92 Å². The molecule has 2 rings (SSSR count). The van der Waals surface area contributed by atoms with Crippen LogP contribution in [0.25, 0.3) is 0 Å². The summed E-state index contributed by atoms with van der Waals surface area (Å²) in [6, 6.07) is 11.1. The topological polar surface area (TPSA) is 40.5 Å². The molecule has 0 aromatic heterocycles. The fraction of sp³-hybridized carbons (Fsp3) is 0.611. The minimum absolute atomic E-state index is 0.145. The summed E-state index contributed by atoms with van der Waals surface area (Å²) in [5.41, 5.74) is 1.35. The molecule has 3 atom stereocenters. The van der Waals surface area contributed by atoms with Crippen molar-refractivity contribution in [3.8, 4) is 0 Å². The number of nitrogens with zero attached hydrogens (tertiary/aromatic N) is 1. The van der Waals surface area contributed by atoms with E-state index in [-0.39, 0.29) is 12.0 Å². The maximum atomic E-state index is 11.6. The number of carbonyl (C=O) groups is 1. The maximum Gasteiger partial charge on any atom is 0.308 e. The van der Waals surface area contributed by atoms with Crippen LogP contribution in [0.2, 0.25) is 0 Å². The molecule has 1 N–H and O–H groups in total. The van der Waals surface area contributed by atoms with Crippen LogP contribution in [0.4, 0.5) is 0 Å². The maximum absolute atomic E-state index is 11.6. The Morgan fingerprint density at radius 1 is 1.29 bits per heavy atom. The summed E-state index contributed by atoms with van der Waals surface area (Å²) in [5, 5.41) is 9.57. The van der Waals surface area contributed by atoms with Gasteiger partial charge >= 0.3 is 5.97 Å². The number of aliphatic carboxylic acids is 1. The van der Waals surface area contributed by atoms with E-state index >= 15 is 0 Å². The first-order valence-electron chi connectivity index (χ1n) is 8.08. The Morgan fingerprint density at radius 2 is 1.95 bits per heavy atom. The standard InChI is InChI=1S/C18H27NO2/c1-4-19(13(2)3)17-12-15(10-11-16(17)18(20)21)14-8-6-5-7-9-14/h5-9,13,15-17H,4,10-12H2,1-3H3,(H,20,21). The summed E-state index contributed by atoms with van der Waals surface area (Å²) in [4.78, 5) is 14.0. The SMILES string of the molecule is CCN(C(C)C)C1CC(c2ccccc2)CCC1C(=O)O. The molecule has 21 heavy (non-hydrogen) atoms. The first kappa shape index (κ1) is 16.0. The molecule has 1 saturated carbocycles. The van der Waals surface area contributed by atoms with Gasteiger partial charge in [-0.1, -0.05) is 37.3 Å². The highest BCUT2D eigenvalue weighted by Crippen LogP contribution is 2.38. The molecule has 0 bridgehead atoms. The molecular formula is C18H27NO2. The molecule has 1 aromatic carbocycles. The summed E-state index contributed by atoms with van der Waals surface area (Å²) in [6.07, 6.45) is 2.71. The van der Waals surface area contributed by atoms with Crippen LogP contribution in [0, 0.1) is 5.92 Å². The monoisotopic (exact) mass is 289 g/mol. The molecule has 1 aliphatic carbocycles. The van der Waals surface area contributed by atoms with E-state index in [0.717, 1.165) is 25.8 Å². The molecule has 3 heteroatoms. The highest BCUT2D eigenvalue weighted by molar-refractivity contribution is 5.71. The van der Waals surface area contributed by atoms with Crippen molar-refractivity contribution in [2.75, 3.05) is 6.54 Å². The van der Waals surface area contributed by atoms with Crippen molar-refractivity contribution in [1.29, 1.82) is 0 Å². The Morgan fingerprint density at radius 3 is 2.48 bits per heavy atom. The van der Waals surface area contributed by atoms with Crippen molar-refractivity contribution >= 4 is 5.97 Å². The minimum Gasteiger partial charge on any atom is -0.481 e. The fourth-order valence-corrected chi connectivity index (χ4v) is 3.81. The molecule has 1 fully saturated rings. The molecular weight excluding hydrogens is 262 g/mol. The van der Waals surface area contributed by atoms with Crippen LogP contribution < -0.4 is 0 Å². The van der Waals surface area contributed by atoms with Crippen molar-refractivity contribution in [1.82, 2.24) is 4.90 Å². The summed E-state index contributed by atoms with van der Waals surface area (Å²) < 4.78 is 0. The summed E-state index contributed by atoms with van der Waals surface area (Å²) in [7, 11) is 0. The zero-order valence-corrected chi connectivity index (χ0v) is 13.3. The van der Waals surface area contributed by atoms with Crippen molar-refractivity contribution in [3.05, 3.63) is 35.9 Å². The van der Waals surface area contributed by atoms with Crippen molar-refractivity contribution in [2.45, 2.75) is 58.0 Å². The number of benzene rings is 1. The van der Waals surface area contributed by atoms with Crippen molar-refractivity contribution in [3.63, 3.8) is 0 Å². The van der Waals surface area contributed by atoms with Crippen LogP contribution >= 0.6 is 0 Å². The van der Waals surface area contributed by atoms with E-state index in [4.69, 9.17) is 0 Å². The van der Waals surface area contributed by atoms with Crippen LogP contribution in [0.3, 0.4) is 0 Å². The lowest BCUT2D eigenvalue weighted by Gasteiger charge is -2.42. The van der Waals surface area contributed by atoms with Crippen LogP contribution in [0.5, 0.6) is 0 Å². The van der Waals surface area contributed by atoms with Gasteiger partial charge in [-0.25, -0.2) is 0 Å². The van der Waals surface area contributed by atoms with Gasteiger partial charge in [0.1, 0.15) is 0 Å². The molecule has 1 aliphatic rings. The lowest BCUT2D eigenvalue weighted by Crippen LogP contribution is -2.49. The smallest absolute Gasteiger partial charge is 0.308 e. The highest BCUT2D eigenvalue weighted by atomic mass is 16.4. The Kier molecular flexibility index (Phi) is 5.40. The van der Waals surface area contributed by atoms with Gasteiger partial charge in [0, 0.05) is 12.1 Å². The predicted octanol–water partition coefficient (Wildman–Crippen LogP) is 3.75. The molecule has 1 aromatic rings. The van der Waals surface area contributed by atoms with Gasteiger partial charge in [-0.2, -0.15) is 0 Å². The van der Waals surface area contributed by atoms with Crippen LogP contribution in [0.1, 0.15) is 51.5 Å². The molecule has 3 unspecified atom stereocenters. The summed E-state index contributed by atoms with van der Waals surface area (Å²) in [5.74, 6) is -0.377. The number of hydrogen-bond acceptors (Lipinski definition) is 2. The van der Waals surface area contributed by atoms with Gasteiger partial charge in [0.15, 0.2) is 0 Å². The molecule has 0 spiro atoms. The number of carboxylic acids is 1. The second-order valence-electron chi connectivity index (χ2n) is 6.36. The average molecular weight is 289 g/mol. The zero-order chi connectivity index (χ0) is 15.4. The van der Waals surface area contributed by atoms with Crippen molar-refractivity contribution < 1.29 is 9.90 Å². The lowest BCUT2D eigenvalue weighted by atomic mass is 9.74. The normalized spacial score (nSPS) is 26.2. The highest BCUT2D eigenvalue weighted by Gasteiger charge is 2.39. The molecule has 0 aliphatic heterocycles. The molecule has 116 valence electrons. The van der Waals surface area contributed by atoms with Crippen LogP contribution in [0.15, 0.2) is 30.3 Å². The minimum atomic E-state index is -0.634. The Hall–Kier alpha value is -1.35. The van der Waals surface area contributed by atoms with E-state index in [1.807, 2.05) is 6.07 Å². The van der Waals surface area contributed by atoms with Crippen LogP contribution in [-0.2, 0) is 4.79 Å². The number of rotatable bonds is 5. The van der Waals surface area contributed by atoms with E-state index < -0.39 is 5.97 Å². The fourth-order valence-electron chi connectivity index (χ4n) is 3.81. The van der Waals surface area contributed by atoms with Gasteiger partial charge in [-0.15, -0.1) is 0 Å². The Labute approximate surface area is 128 Å². The summed E-state index contributed by atoms with van der Waals surface area (Å²) >= 11 is 0. The lowest BCUT2D eigenvalue weighted by molar-refractivity contribution is -0.146. The van der Waals surface area contributed by atoms with E-state index in [1.54, 1.807) is 0 Å². The second-order valence-corrected chi connectivity index (χ2v) is 6.36. The molecule has 0 heterocycles. The number of carboxylic acid groups (broad SMARTS) is 1. The van der Waals surface area contributed by atoms with Gasteiger partial charge in [0.25, 0.3) is 0 Å². The predicted molar refractivity (Wildman–Crippen MR) is 85.5 cm³/mol. The third-order valence-electron chi connectivity index (χ3n) is 4.86. The molecule has 0 saturated heterocycles. The van der Waals surface area contributed by atoms with E-state index in [0.29, 0.717) is 12.0 Å². The Bertz CT molecular complexity index is 458. The number of hydrogen-bond donors (Lipinski definition) is 1. The third-order valence-corrected chi connectivity index (χ3v) is 4.86. The summed E-state index contributed by atoms with van der Waals surface area (Å²) in [6.45, 7) is 7.36. The first-order chi connectivity index (χ1) is 10.0.